The Hall–Kier alpha value is -9.89. The van der Waals surface area contributed by atoms with Crippen LogP contribution in [0.4, 0.5) is 51.2 Å². The van der Waals surface area contributed by atoms with E-state index in [1.54, 1.807) is 0 Å². The van der Waals surface area contributed by atoms with E-state index in [0.29, 0.717) is 0 Å². The van der Waals surface area contributed by atoms with Crippen molar-refractivity contribution in [3.8, 4) is 33.8 Å². The van der Waals surface area contributed by atoms with Crippen molar-refractivity contribution >= 4 is 152 Å². The van der Waals surface area contributed by atoms with E-state index in [4.69, 9.17) is 4.74 Å². The van der Waals surface area contributed by atoms with Crippen molar-refractivity contribution in [2.45, 2.75) is 19.6 Å². The molecule has 4 aliphatic rings. The fourth-order valence-corrected chi connectivity index (χ4v) is 17.8. The number of rotatable bonds is 9. The van der Waals surface area contributed by atoms with Crippen LogP contribution in [0.25, 0.3) is 42.4 Å². The Morgan fingerprint density at radius 2 is 0.897 bits per heavy atom. The molecule has 9 heteroatoms. The van der Waals surface area contributed by atoms with Crippen LogP contribution in [0.5, 0.6) is 11.5 Å². The highest BCUT2D eigenvalue weighted by Crippen LogP contribution is 2.52. The lowest BCUT2D eigenvalue weighted by Crippen LogP contribution is -2.63. The molecule has 1 aromatic heterocycles. The van der Waals surface area contributed by atoms with Gasteiger partial charge in [0.05, 0.1) is 17.1 Å². The summed E-state index contributed by atoms with van der Waals surface area (Å²) in [6.07, 6.45) is 0. The molecule has 0 radical (unpaired) electrons. The van der Waals surface area contributed by atoms with Gasteiger partial charge in [0.2, 0.25) is 6.71 Å². The van der Waals surface area contributed by atoms with Crippen LogP contribution in [0.1, 0.15) is 0 Å². The molecule has 0 atom stereocenters. The van der Waals surface area contributed by atoms with E-state index in [-0.39, 0.29) is 13.4 Å². The summed E-state index contributed by atoms with van der Waals surface area (Å²) >= 11 is 5.70. The second-order valence-electron chi connectivity index (χ2n) is 22.6. The first-order valence-electron chi connectivity index (χ1n) is 29.6. The maximum Gasteiger partial charge on any atom is 0.256 e. The molecule has 0 aliphatic carbocycles. The average molecular weight is 1160 g/mol. The second-order valence-corrected chi connectivity index (χ2v) is 25.8. The van der Waals surface area contributed by atoms with Gasteiger partial charge in [-0.2, -0.15) is 0 Å². The van der Waals surface area contributed by atoms with Crippen molar-refractivity contribution in [2.75, 3.05) is 14.7 Å². The Labute approximate surface area is 518 Å². The number of anilines is 9. The summed E-state index contributed by atoms with van der Waals surface area (Å²) < 4.78 is 9.89. The molecule has 5 heterocycles. The highest BCUT2D eigenvalue weighted by Gasteiger charge is 2.46. The number of benzene rings is 13. The summed E-state index contributed by atoms with van der Waals surface area (Å²) in [5.74, 6) is 1.73. The average Bonchev–Trinajstić information content (AvgIpc) is 2.42. The van der Waals surface area contributed by atoms with E-state index in [9.17, 15) is 0 Å². The van der Waals surface area contributed by atoms with Gasteiger partial charge < -0.3 is 19.4 Å². The molecule has 0 saturated carbocycles. The Morgan fingerprint density at radius 3 is 1.67 bits per heavy atom. The standard InChI is InChI=1S/C78H49B2N3OS3/c1-5-24-50(25-6-1)56-32-13-18-39-65(56)82(53-30-11-4-12-31-53)55-46-74-77-75(47-55)86-73-49-67-63(48-64(73)80(77)62-38-17-22-43-72(62)85-74)79-61-37-16-20-41-69(61)84-70-45-54(81(51-26-7-2-8-27-51)52-28-9-3-10-29-52)44-68(76(70)79)83(67)66-40-19-14-33-57(66)59-35-23-36-60-58-34-15-21-42-71(58)87-78(59)60/h1-49H. The second kappa shape index (κ2) is 20.4. The molecule has 0 bridgehead atoms. The van der Waals surface area contributed by atoms with Crippen molar-refractivity contribution in [1.82, 2.24) is 0 Å². The Balaban J connectivity index is 0.905. The van der Waals surface area contributed by atoms with Crippen LogP contribution in [0.3, 0.4) is 0 Å². The lowest BCUT2D eigenvalue weighted by molar-refractivity contribution is 0.487. The summed E-state index contributed by atoms with van der Waals surface area (Å²) in [5.41, 5.74) is 22.2. The Bertz CT molecular complexity index is 5040. The van der Waals surface area contributed by atoms with Crippen molar-refractivity contribution < 1.29 is 4.74 Å². The van der Waals surface area contributed by atoms with Crippen molar-refractivity contribution in [2.24, 2.45) is 0 Å². The van der Waals surface area contributed by atoms with Gasteiger partial charge in [0.1, 0.15) is 11.5 Å². The van der Waals surface area contributed by atoms with Crippen LogP contribution in [0.2, 0.25) is 0 Å². The molecule has 0 amide bonds. The van der Waals surface area contributed by atoms with Gasteiger partial charge in [-0.1, -0.05) is 235 Å². The van der Waals surface area contributed by atoms with Crippen molar-refractivity contribution in [3.05, 3.63) is 297 Å². The fourth-order valence-electron chi connectivity index (χ4n) is 14.1. The molecule has 87 heavy (non-hydrogen) atoms. The quantitative estimate of drug-likeness (QED) is 0.133. The monoisotopic (exact) mass is 1160 g/mol. The van der Waals surface area contributed by atoms with E-state index in [0.717, 1.165) is 73.6 Å². The molecule has 18 rings (SSSR count). The van der Waals surface area contributed by atoms with Gasteiger partial charge in [-0.15, -0.1) is 11.3 Å². The molecule has 0 saturated heterocycles. The molecular weight excluding hydrogens is 1110 g/mol. The first-order valence-corrected chi connectivity index (χ1v) is 32.1. The number of para-hydroxylation sites is 6. The predicted octanol–water partition coefficient (Wildman–Crippen LogP) is 18.2. The largest absolute Gasteiger partial charge is 0.458 e. The van der Waals surface area contributed by atoms with Crippen molar-refractivity contribution in [1.29, 1.82) is 0 Å². The third kappa shape index (κ3) is 8.10. The smallest absolute Gasteiger partial charge is 0.256 e. The lowest BCUT2D eigenvalue weighted by Gasteiger charge is -2.43. The molecule has 4 nitrogen and oxygen atoms in total. The zero-order valence-corrected chi connectivity index (χ0v) is 49.4. The SMILES string of the molecule is c1ccc(-c2ccccc2N(c2ccccc2)c2cc3c4c(c2)Sc2cc5c(cc2B4c2ccccc2S3)B2c3ccccc3Oc3cc(N(c4ccccc4)c4ccccc4)cc(c32)N5c2ccccc2-c2cccc3c2sc2ccccc23)cc1. The fraction of sp³-hybridized carbons (Fsp3) is 0. The van der Waals surface area contributed by atoms with Gasteiger partial charge in [-0.25, -0.2) is 0 Å². The predicted molar refractivity (Wildman–Crippen MR) is 371 cm³/mol. The van der Waals surface area contributed by atoms with Crippen LogP contribution in [-0.4, -0.2) is 13.4 Å². The summed E-state index contributed by atoms with van der Waals surface area (Å²) in [7, 11) is 0. The van der Waals surface area contributed by atoms with E-state index < -0.39 is 0 Å². The minimum atomic E-state index is -0.142. The van der Waals surface area contributed by atoms with Gasteiger partial charge in [-0.05, 0) is 118 Å². The molecule has 14 aromatic rings. The van der Waals surface area contributed by atoms with Gasteiger partial charge in [0, 0.05) is 96.6 Å². The summed E-state index contributed by atoms with van der Waals surface area (Å²) in [5, 5.41) is 2.56. The first kappa shape index (κ1) is 50.4. The molecule has 4 aliphatic heterocycles. The number of hydrogen-bond acceptors (Lipinski definition) is 7. The number of thiophene rings is 1. The van der Waals surface area contributed by atoms with Crippen LogP contribution in [-0.2, 0) is 0 Å². The maximum absolute atomic E-state index is 7.33. The van der Waals surface area contributed by atoms with Crippen LogP contribution in [0, 0.1) is 0 Å². The van der Waals surface area contributed by atoms with Crippen molar-refractivity contribution in [3.63, 3.8) is 0 Å². The number of nitrogens with zero attached hydrogens (tertiary/aromatic N) is 3. The minimum absolute atomic E-state index is 0.0141. The number of ether oxygens (including phenoxy) is 1. The maximum atomic E-state index is 7.33. The molecule has 0 fully saturated rings. The Morgan fingerprint density at radius 1 is 0.322 bits per heavy atom. The van der Waals surface area contributed by atoms with Gasteiger partial charge in [0.25, 0.3) is 6.71 Å². The lowest BCUT2D eigenvalue weighted by atomic mass is 9.32. The minimum Gasteiger partial charge on any atom is -0.458 e. The van der Waals surface area contributed by atoms with E-state index >= 15 is 0 Å². The summed E-state index contributed by atoms with van der Waals surface area (Å²) in [4.78, 5) is 12.5. The third-order valence-corrected chi connectivity index (χ3v) is 21.3. The van der Waals surface area contributed by atoms with E-state index in [1.807, 2.05) is 34.9 Å². The van der Waals surface area contributed by atoms with Gasteiger partial charge in [0.15, 0.2) is 0 Å². The van der Waals surface area contributed by atoms with Crippen LogP contribution >= 0.6 is 34.9 Å². The van der Waals surface area contributed by atoms with Crippen LogP contribution < -0.4 is 52.2 Å². The molecular formula is C78H49B2N3OS3. The topological polar surface area (TPSA) is 19.0 Å². The van der Waals surface area contributed by atoms with E-state index in [1.165, 1.54) is 83.9 Å². The summed E-state index contributed by atoms with van der Waals surface area (Å²) in [6.45, 7) is -0.157. The normalized spacial score (nSPS) is 13.0. The van der Waals surface area contributed by atoms with Gasteiger partial charge >= 0.3 is 0 Å². The third-order valence-electron chi connectivity index (χ3n) is 17.8. The number of hydrogen-bond donors (Lipinski definition) is 0. The molecule has 0 unspecified atom stereocenters. The highest BCUT2D eigenvalue weighted by molar-refractivity contribution is 8.01. The number of fused-ring (bicyclic) bond motifs is 11. The molecule has 406 valence electrons. The van der Waals surface area contributed by atoms with Crippen LogP contribution in [0.15, 0.2) is 317 Å². The zero-order valence-electron chi connectivity index (χ0n) is 46.9. The van der Waals surface area contributed by atoms with E-state index in [2.05, 4.69) is 312 Å². The van der Waals surface area contributed by atoms with Gasteiger partial charge in [-0.3, -0.25) is 0 Å². The molecule has 0 spiro atoms. The Kier molecular flexibility index (Phi) is 11.8. The zero-order chi connectivity index (χ0) is 57.1. The summed E-state index contributed by atoms with van der Waals surface area (Å²) in [6, 6.07) is 110. The molecule has 13 aromatic carbocycles. The first-order chi connectivity index (χ1) is 43.2. The molecule has 0 N–H and O–H groups in total. The highest BCUT2D eigenvalue weighted by atomic mass is 32.2.